The number of benzene rings is 1. The summed E-state index contributed by atoms with van der Waals surface area (Å²) in [6.07, 6.45) is 1.56. The molecule has 0 spiro atoms. The molecule has 0 radical (unpaired) electrons. The molecule has 0 saturated carbocycles. The normalized spacial score (nSPS) is 15.4. The third-order valence-corrected chi connectivity index (χ3v) is 3.95. The Labute approximate surface area is 141 Å². The molecule has 0 aromatic heterocycles. The second-order valence-electron chi connectivity index (χ2n) is 5.60. The number of methoxy groups -OCH3 is 1. The number of carbonyl (C=O) groups is 1. The van der Waals surface area contributed by atoms with Crippen molar-refractivity contribution in [3.8, 4) is 17.6 Å². The number of carbonyl (C=O) groups excluding carboxylic acids is 1. The maximum atomic E-state index is 14.1. The van der Waals surface area contributed by atoms with Gasteiger partial charge in [0.1, 0.15) is 22.9 Å². The van der Waals surface area contributed by atoms with Crippen LogP contribution in [0.3, 0.4) is 0 Å². The van der Waals surface area contributed by atoms with Crippen LogP contribution in [0.25, 0.3) is 0 Å². The van der Waals surface area contributed by atoms with Gasteiger partial charge in [-0.25, -0.2) is 8.78 Å². The van der Waals surface area contributed by atoms with E-state index in [1.54, 1.807) is 0 Å². The van der Waals surface area contributed by atoms with E-state index in [2.05, 4.69) is 16.7 Å². The summed E-state index contributed by atoms with van der Waals surface area (Å²) in [7, 11) is 1.32. The van der Waals surface area contributed by atoms with Crippen molar-refractivity contribution in [2.75, 3.05) is 39.8 Å². The van der Waals surface area contributed by atoms with Gasteiger partial charge in [-0.1, -0.05) is 12.8 Å². The van der Waals surface area contributed by atoms with Crippen molar-refractivity contribution in [3.05, 3.63) is 29.3 Å². The number of ether oxygens (including phenoxy) is 1. The number of rotatable bonds is 3. The van der Waals surface area contributed by atoms with Gasteiger partial charge >= 0.3 is 0 Å². The summed E-state index contributed by atoms with van der Waals surface area (Å²) in [6, 6.07) is 2.06. The van der Waals surface area contributed by atoms with Crippen LogP contribution in [0.1, 0.15) is 30.1 Å². The molecule has 1 heterocycles. The molecule has 1 fully saturated rings. The first-order valence-electron chi connectivity index (χ1n) is 8.07. The van der Waals surface area contributed by atoms with Crippen LogP contribution in [0.2, 0.25) is 0 Å². The minimum absolute atomic E-state index is 0.0538. The second kappa shape index (κ2) is 8.65. The van der Waals surface area contributed by atoms with Gasteiger partial charge in [-0.3, -0.25) is 9.69 Å². The molecule has 1 amide bonds. The molecule has 4 nitrogen and oxygen atoms in total. The van der Waals surface area contributed by atoms with E-state index in [0.717, 1.165) is 31.5 Å². The van der Waals surface area contributed by atoms with Crippen molar-refractivity contribution < 1.29 is 18.3 Å². The lowest BCUT2D eigenvalue weighted by Gasteiger charge is -2.21. The zero-order valence-electron chi connectivity index (χ0n) is 14.1. The fourth-order valence-corrected chi connectivity index (χ4v) is 2.65. The summed E-state index contributed by atoms with van der Waals surface area (Å²) in [5.41, 5.74) is -0.518. The topological polar surface area (TPSA) is 32.8 Å². The maximum Gasteiger partial charge on any atom is 0.259 e. The van der Waals surface area contributed by atoms with Crippen molar-refractivity contribution in [1.29, 1.82) is 0 Å². The quantitative estimate of drug-likeness (QED) is 0.795. The summed E-state index contributed by atoms with van der Waals surface area (Å²) in [6.45, 7) is 5.01. The standard InChI is InChI=1S/C18H22F2N2O2/c1-3-4-5-7-21-8-6-9-22(11-10-21)18(23)17-15(19)12-14(24-2)13-16(17)20/h12-13H,3,6-11H2,1-2H3. The summed E-state index contributed by atoms with van der Waals surface area (Å²) in [4.78, 5) is 16.2. The van der Waals surface area contributed by atoms with Crippen LogP contribution in [0, 0.1) is 23.5 Å². The number of hydrogen-bond acceptors (Lipinski definition) is 3. The van der Waals surface area contributed by atoms with Crippen molar-refractivity contribution in [3.63, 3.8) is 0 Å². The predicted molar refractivity (Wildman–Crippen MR) is 87.9 cm³/mol. The number of nitrogens with zero attached hydrogens (tertiary/aromatic N) is 2. The molecule has 0 bridgehead atoms. The van der Waals surface area contributed by atoms with E-state index in [9.17, 15) is 13.6 Å². The Morgan fingerprint density at radius 3 is 2.50 bits per heavy atom. The van der Waals surface area contributed by atoms with E-state index in [-0.39, 0.29) is 5.75 Å². The Morgan fingerprint density at radius 1 is 1.17 bits per heavy atom. The number of halogens is 2. The molecule has 2 rings (SSSR count). The lowest BCUT2D eigenvalue weighted by atomic mass is 10.1. The van der Waals surface area contributed by atoms with E-state index in [4.69, 9.17) is 4.74 Å². The van der Waals surface area contributed by atoms with Crippen molar-refractivity contribution in [2.24, 2.45) is 0 Å². The highest BCUT2D eigenvalue weighted by molar-refractivity contribution is 5.95. The fraction of sp³-hybridized carbons (Fsp3) is 0.500. The molecule has 0 unspecified atom stereocenters. The molecule has 0 aliphatic carbocycles. The van der Waals surface area contributed by atoms with Gasteiger partial charge < -0.3 is 9.64 Å². The molecular weight excluding hydrogens is 314 g/mol. The molecule has 1 aliphatic heterocycles. The average Bonchev–Trinajstić information content (AvgIpc) is 2.80. The molecule has 1 aliphatic rings. The van der Waals surface area contributed by atoms with Gasteiger partial charge in [-0.05, 0) is 6.42 Å². The van der Waals surface area contributed by atoms with Crippen LogP contribution in [-0.2, 0) is 0 Å². The maximum absolute atomic E-state index is 14.1. The lowest BCUT2D eigenvalue weighted by Crippen LogP contribution is -2.36. The van der Waals surface area contributed by atoms with Gasteiger partial charge in [-0.15, -0.1) is 5.92 Å². The highest BCUT2D eigenvalue weighted by Crippen LogP contribution is 2.22. The molecule has 24 heavy (non-hydrogen) atoms. The smallest absolute Gasteiger partial charge is 0.259 e. The molecule has 6 heteroatoms. The third-order valence-electron chi connectivity index (χ3n) is 3.95. The Kier molecular flexibility index (Phi) is 6.56. The van der Waals surface area contributed by atoms with E-state index < -0.39 is 23.1 Å². The third kappa shape index (κ3) is 4.45. The van der Waals surface area contributed by atoms with Crippen LogP contribution in [-0.4, -0.2) is 55.5 Å². The van der Waals surface area contributed by atoms with Crippen molar-refractivity contribution in [2.45, 2.75) is 19.8 Å². The predicted octanol–water partition coefficient (Wildman–Crippen LogP) is 2.53. The van der Waals surface area contributed by atoms with Crippen molar-refractivity contribution in [1.82, 2.24) is 9.80 Å². The van der Waals surface area contributed by atoms with Gasteiger partial charge in [0.15, 0.2) is 0 Å². The molecule has 1 aromatic rings. The monoisotopic (exact) mass is 336 g/mol. The van der Waals surface area contributed by atoms with Crippen LogP contribution >= 0.6 is 0 Å². The van der Waals surface area contributed by atoms with E-state index in [1.807, 2.05) is 6.92 Å². The zero-order chi connectivity index (χ0) is 17.5. The Balaban J connectivity index is 2.08. The fourth-order valence-electron chi connectivity index (χ4n) is 2.65. The van der Waals surface area contributed by atoms with Crippen molar-refractivity contribution >= 4 is 5.91 Å². The zero-order valence-corrected chi connectivity index (χ0v) is 14.1. The van der Waals surface area contributed by atoms with Gasteiger partial charge in [0.2, 0.25) is 0 Å². The minimum atomic E-state index is -0.897. The molecule has 0 atom stereocenters. The Bertz CT molecular complexity index is 629. The van der Waals surface area contributed by atoms with E-state index >= 15 is 0 Å². The number of amides is 1. The number of hydrogen-bond donors (Lipinski definition) is 0. The Hall–Kier alpha value is -2.13. The summed E-state index contributed by atoms with van der Waals surface area (Å²) < 4.78 is 33.0. The average molecular weight is 336 g/mol. The minimum Gasteiger partial charge on any atom is -0.497 e. The molecular formula is C18H22F2N2O2. The molecule has 130 valence electrons. The first-order chi connectivity index (χ1) is 11.6. The SMILES string of the molecule is CCC#CCN1CCCN(C(=O)c2c(F)cc(OC)cc2F)CC1. The van der Waals surface area contributed by atoms with Crippen LogP contribution in [0.5, 0.6) is 5.75 Å². The summed E-state index contributed by atoms with van der Waals surface area (Å²) >= 11 is 0. The molecule has 1 aromatic carbocycles. The van der Waals surface area contributed by atoms with Gasteiger partial charge in [-0.2, -0.15) is 0 Å². The largest absolute Gasteiger partial charge is 0.497 e. The highest BCUT2D eigenvalue weighted by atomic mass is 19.1. The van der Waals surface area contributed by atoms with E-state index in [1.165, 1.54) is 12.0 Å². The Morgan fingerprint density at radius 2 is 1.88 bits per heavy atom. The molecule has 0 N–H and O–H groups in total. The van der Waals surface area contributed by atoms with Crippen LogP contribution in [0.4, 0.5) is 8.78 Å². The lowest BCUT2D eigenvalue weighted by molar-refractivity contribution is 0.0752. The first kappa shape index (κ1) is 18.2. The van der Waals surface area contributed by atoms with Crippen LogP contribution in [0.15, 0.2) is 12.1 Å². The molecule has 1 saturated heterocycles. The first-order valence-corrected chi connectivity index (χ1v) is 8.07. The highest BCUT2D eigenvalue weighted by Gasteiger charge is 2.26. The van der Waals surface area contributed by atoms with E-state index in [0.29, 0.717) is 26.2 Å². The van der Waals surface area contributed by atoms with Crippen LogP contribution < -0.4 is 4.74 Å². The summed E-state index contributed by atoms with van der Waals surface area (Å²) in [5.74, 6) is 3.74. The second-order valence-corrected chi connectivity index (χ2v) is 5.60. The van der Waals surface area contributed by atoms with Gasteiger partial charge in [0, 0.05) is 44.7 Å². The summed E-state index contributed by atoms with van der Waals surface area (Å²) in [5, 5.41) is 0. The van der Waals surface area contributed by atoms with Gasteiger partial charge in [0.25, 0.3) is 5.91 Å². The van der Waals surface area contributed by atoms with Gasteiger partial charge in [0.05, 0.1) is 13.7 Å².